The van der Waals surface area contributed by atoms with E-state index in [4.69, 9.17) is 11.6 Å². The predicted octanol–water partition coefficient (Wildman–Crippen LogP) is 4.26. The van der Waals surface area contributed by atoms with Gasteiger partial charge in [-0.1, -0.05) is 35.5 Å². The minimum absolute atomic E-state index is 0.129. The molecule has 2 heterocycles. The van der Waals surface area contributed by atoms with Gasteiger partial charge in [-0.25, -0.2) is 4.98 Å². The molecule has 2 aromatic carbocycles. The number of amides is 1. The van der Waals surface area contributed by atoms with E-state index in [1.807, 2.05) is 53.2 Å². The van der Waals surface area contributed by atoms with Crippen LogP contribution in [-0.4, -0.2) is 30.0 Å². The number of hydrogen-bond donors (Lipinski definition) is 1. The van der Waals surface area contributed by atoms with E-state index in [9.17, 15) is 4.79 Å². The SMILES string of the molecule is O=C(CSc1nccn1-c1cccc(Cl)c1)Nc1cccc2nsnc12. The van der Waals surface area contributed by atoms with Gasteiger partial charge < -0.3 is 5.32 Å². The molecule has 0 aliphatic heterocycles. The van der Waals surface area contributed by atoms with Crippen LogP contribution in [0.15, 0.2) is 60.0 Å². The Labute approximate surface area is 162 Å². The molecule has 4 rings (SSSR count). The highest BCUT2D eigenvalue weighted by molar-refractivity contribution is 7.99. The summed E-state index contributed by atoms with van der Waals surface area (Å²) in [4.78, 5) is 16.7. The molecule has 0 unspecified atom stereocenters. The molecular weight excluding hydrogens is 390 g/mol. The van der Waals surface area contributed by atoms with Crippen molar-refractivity contribution in [3.8, 4) is 5.69 Å². The van der Waals surface area contributed by atoms with Gasteiger partial charge in [-0.05, 0) is 30.3 Å². The lowest BCUT2D eigenvalue weighted by Gasteiger charge is -2.08. The molecule has 6 nitrogen and oxygen atoms in total. The lowest BCUT2D eigenvalue weighted by Crippen LogP contribution is -2.14. The Morgan fingerprint density at radius 2 is 2.12 bits per heavy atom. The first-order valence-electron chi connectivity index (χ1n) is 7.64. The van der Waals surface area contributed by atoms with E-state index in [-0.39, 0.29) is 11.7 Å². The van der Waals surface area contributed by atoms with Gasteiger partial charge in [-0.15, -0.1) is 0 Å². The molecule has 0 fully saturated rings. The first-order valence-corrected chi connectivity index (χ1v) is 9.73. The number of carbonyl (C=O) groups is 1. The third-order valence-corrected chi connectivity index (χ3v) is 5.33. The van der Waals surface area contributed by atoms with Crippen LogP contribution in [0.25, 0.3) is 16.7 Å². The van der Waals surface area contributed by atoms with Crippen molar-refractivity contribution in [3.05, 3.63) is 59.9 Å². The summed E-state index contributed by atoms with van der Waals surface area (Å²) in [7, 11) is 0. The number of thioether (sulfide) groups is 1. The molecule has 1 amide bonds. The number of benzene rings is 2. The van der Waals surface area contributed by atoms with E-state index in [2.05, 4.69) is 19.0 Å². The number of imidazole rings is 1. The van der Waals surface area contributed by atoms with E-state index in [1.165, 1.54) is 11.8 Å². The molecule has 130 valence electrons. The van der Waals surface area contributed by atoms with Gasteiger partial charge in [0, 0.05) is 23.1 Å². The highest BCUT2D eigenvalue weighted by Gasteiger charge is 2.12. The van der Waals surface area contributed by atoms with Crippen LogP contribution < -0.4 is 5.32 Å². The van der Waals surface area contributed by atoms with Gasteiger partial charge in [-0.2, -0.15) is 8.75 Å². The van der Waals surface area contributed by atoms with E-state index in [0.29, 0.717) is 16.2 Å². The van der Waals surface area contributed by atoms with Crippen LogP contribution in [-0.2, 0) is 4.79 Å². The molecule has 0 radical (unpaired) electrons. The van der Waals surface area contributed by atoms with Crippen LogP contribution in [0.5, 0.6) is 0 Å². The van der Waals surface area contributed by atoms with Crippen molar-refractivity contribution >= 4 is 57.7 Å². The second-order valence-corrected chi connectivity index (χ2v) is 7.24. The van der Waals surface area contributed by atoms with Crippen molar-refractivity contribution in [2.75, 3.05) is 11.1 Å². The maximum Gasteiger partial charge on any atom is 0.234 e. The number of nitrogens with one attached hydrogen (secondary N) is 1. The van der Waals surface area contributed by atoms with Gasteiger partial charge in [0.1, 0.15) is 11.0 Å². The van der Waals surface area contributed by atoms with Gasteiger partial charge in [0.15, 0.2) is 5.16 Å². The number of fused-ring (bicyclic) bond motifs is 1. The van der Waals surface area contributed by atoms with Crippen molar-refractivity contribution in [3.63, 3.8) is 0 Å². The van der Waals surface area contributed by atoms with Gasteiger partial charge in [0.05, 0.1) is 23.2 Å². The van der Waals surface area contributed by atoms with Gasteiger partial charge >= 0.3 is 0 Å². The second kappa shape index (κ2) is 7.45. The molecule has 9 heteroatoms. The molecule has 0 saturated carbocycles. The van der Waals surface area contributed by atoms with E-state index in [0.717, 1.165) is 28.1 Å². The Bertz CT molecular complexity index is 1080. The molecule has 0 aliphatic carbocycles. The Kier molecular flexibility index (Phi) is 4.87. The van der Waals surface area contributed by atoms with Crippen molar-refractivity contribution in [1.82, 2.24) is 18.3 Å². The van der Waals surface area contributed by atoms with Gasteiger partial charge in [-0.3, -0.25) is 9.36 Å². The third-order valence-electron chi connectivity index (χ3n) is 3.59. The number of nitrogens with zero attached hydrogens (tertiary/aromatic N) is 4. The van der Waals surface area contributed by atoms with Crippen molar-refractivity contribution in [2.24, 2.45) is 0 Å². The standard InChI is InChI=1S/C17H12ClN5OS2/c18-11-3-1-4-12(9-11)23-8-7-19-17(23)25-10-15(24)20-13-5-2-6-14-16(13)22-26-21-14/h1-9H,10H2,(H,20,24). The summed E-state index contributed by atoms with van der Waals surface area (Å²) < 4.78 is 10.3. The Hall–Kier alpha value is -2.42. The number of rotatable bonds is 5. The van der Waals surface area contributed by atoms with Crippen LogP contribution in [0.1, 0.15) is 0 Å². The fourth-order valence-electron chi connectivity index (χ4n) is 2.44. The molecule has 0 atom stereocenters. The van der Waals surface area contributed by atoms with E-state index < -0.39 is 0 Å². The molecule has 0 saturated heterocycles. The average Bonchev–Trinajstić information content (AvgIpc) is 3.29. The van der Waals surface area contributed by atoms with Crippen LogP contribution in [0.4, 0.5) is 5.69 Å². The lowest BCUT2D eigenvalue weighted by atomic mass is 10.2. The largest absolute Gasteiger partial charge is 0.323 e. The molecule has 0 bridgehead atoms. The summed E-state index contributed by atoms with van der Waals surface area (Å²) in [6.45, 7) is 0. The summed E-state index contributed by atoms with van der Waals surface area (Å²) in [6, 6.07) is 13.0. The highest BCUT2D eigenvalue weighted by Crippen LogP contribution is 2.24. The number of aromatic nitrogens is 4. The summed E-state index contributed by atoms with van der Waals surface area (Å²) in [5.41, 5.74) is 3.05. The summed E-state index contributed by atoms with van der Waals surface area (Å²) in [6.07, 6.45) is 3.54. The maximum atomic E-state index is 12.3. The number of hydrogen-bond acceptors (Lipinski definition) is 6. The molecule has 0 aliphatic rings. The molecule has 0 spiro atoms. The van der Waals surface area contributed by atoms with Crippen LogP contribution >= 0.6 is 35.1 Å². The summed E-state index contributed by atoms with van der Waals surface area (Å²) >= 11 is 8.53. The Morgan fingerprint density at radius 3 is 3.00 bits per heavy atom. The predicted molar refractivity (Wildman–Crippen MR) is 105 cm³/mol. The highest BCUT2D eigenvalue weighted by atomic mass is 35.5. The van der Waals surface area contributed by atoms with Gasteiger partial charge in [0.2, 0.25) is 5.91 Å². The van der Waals surface area contributed by atoms with Crippen molar-refractivity contribution < 1.29 is 4.79 Å². The normalized spacial score (nSPS) is 11.0. The molecule has 4 aromatic rings. The van der Waals surface area contributed by atoms with Crippen LogP contribution in [0, 0.1) is 0 Å². The first kappa shape index (κ1) is 17.0. The summed E-state index contributed by atoms with van der Waals surface area (Å²) in [5, 5.41) is 4.25. The Balaban J connectivity index is 1.46. The smallest absolute Gasteiger partial charge is 0.234 e. The average molecular weight is 402 g/mol. The van der Waals surface area contributed by atoms with Crippen molar-refractivity contribution in [2.45, 2.75) is 5.16 Å². The topological polar surface area (TPSA) is 72.7 Å². The molecule has 2 aromatic heterocycles. The van der Waals surface area contributed by atoms with Gasteiger partial charge in [0.25, 0.3) is 0 Å². The van der Waals surface area contributed by atoms with Crippen LogP contribution in [0.2, 0.25) is 5.02 Å². The van der Waals surface area contributed by atoms with E-state index >= 15 is 0 Å². The summed E-state index contributed by atoms with van der Waals surface area (Å²) in [5.74, 6) is 0.0991. The second-order valence-electron chi connectivity index (χ2n) is 5.33. The van der Waals surface area contributed by atoms with Crippen molar-refractivity contribution in [1.29, 1.82) is 0 Å². The first-order chi connectivity index (χ1) is 12.7. The number of carbonyl (C=O) groups excluding carboxylic acids is 1. The molecular formula is C17H12ClN5OS2. The minimum Gasteiger partial charge on any atom is -0.323 e. The van der Waals surface area contributed by atoms with Crippen LogP contribution in [0.3, 0.4) is 0 Å². The maximum absolute atomic E-state index is 12.3. The monoisotopic (exact) mass is 401 g/mol. The minimum atomic E-state index is -0.129. The number of halogens is 1. The number of anilines is 1. The third kappa shape index (κ3) is 3.57. The Morgan fingerprint density at radius 1 is 1.23 bits per heavy atom. The lowest BCUT2D eigenvalue weighted by molar-refractivity contribution is -0.113. The fourth-order valence-corrected chi connectivity index (χ4v) is 3.95. The zero-order valence-electron chi connectivity index (χ0n) is 13.3. The van der Waals surface area contributed by atoms with E-state index in [1.54, 1.807) is 6.20 Å². The quantitative estimate of drug-likeness (QED) is 0.506. The zero-order chi connectivity index (χ0) is 17.9. The zero-order valence-corrected chi connectivity index (χ0v) is 15.7. The molecule has 1 N–H and O–H groups in total. The fraction of sp³-hybridized carbons (Fsp3) is 0.0588. The molecule has 26 heavy (non-hydrogen) atoms.